The van der Waals surface area contributed by atoms with E-state index in [0.717, 1.165) is 173 Å². The van der Waals surface area contributed by atoms with E-state index >= 15 is 0 Å². The number of phosphoric ester groups is 2. The maximum absolute atomic E-state index is 13.1. The lowest BCUT2D eigenvalue weighted by Crippen LogP contribution is -2.30. The normalized spacial score (nSPS) is 14.8. The molecular formula is C87H140O17P2. The van der Waals surface area contributed by atoms with Gasteiger partial charge in [0.05, 0.1) is 26.4 Å². The molecule has 0 saturated carbocycles. The van der Waals surface area contributed by atoms with Gasteiger partial charge in [0.25, 0.3) is 0 Å². The highest BCUT2D eigenvalue weighted by Crippen LogP contribution is 2.45. The van der Waals surface area contributed by atoms with E-state index in [0.29, 0.717) is 32.1 Å². The number of ether oxygens (including phenoxy) is 4. The fourth-order valence-electron chi connectivity index (χ4n) is 9.87. The van der Waals surface area contributed by atoms with Gasteiger partial charge in [-0.25, -0.2) is 9.13 Å². The average Bonchev–Trinajstić information content (AvgIpc) is 0.903. The van der Waals surface area contributed by atoms with Crippen LogP contribution in [-0.2, 0) is 65.4 Å². The Morgan fingerprint density at radius 2 is 0.509 bits per heavy atom. The Labute approximate surface area is 641 Å². The van der Waals surface area contributed by atoms with Crippen LogP contribution in [-0.4, -0.2) is 96.7 Å². The third-order valence-electron chi connectivity index (χ3n) is 15.9. The van der Waals surface area contributed by atoms with Crippen LogP contribution in [0.4, 0.5) is 0 Å². The predicted octanol–water partition coefficient (Wildman–Crippen LogP) is 23.6. The second-order valence-corrected chi connectivity index (χ2v) is 28.8. The number of allylic oxidation sites excluding steroid dienone is 30. The molecule has 5 atom stereocenters. The van der Waals surface area contributed by atoms with Crippen LogP contribution in [0.2, 0.25) is 0 Å². The number of phosphoric acid groups is 2. The van der Waals surface area contributed by atoms with Crippen molar-refractivity contribution in [2.45, 2.75) is 303 Å². The minimum Gasteiger partial charge on any atom is -0.462 e. The van der Waals surface area contributed by atoms with E-state index in [2.05, 4.69) is 192 Å². The standard InChI is InChI=1S/C87H140O17P2/c1-5-9-13-17-21-25-29-33-36-38-40-42-45-49-52-56-60-64-68-72-85(90)98-78-83(104-87(92)74-70-66-62-58-54-50-46-43-41-39-37-34-30-26-22-18-14-10-6-2)80-102-106(95,96)100-76-81(88)75-99-105(93,94)101-79-82(103-86(91)73-69-65-61-57-53-47-32-28-24-20-16-12-8-4)77-97-84(89)71-67-63-59-55-51-48-44-35-31-27-23-19-15-11-7-3/h9-11,13-15,21-23,25-28,32-37,40-44,49,51-52,55,60,64,81-83,88H,5-8,12,16-20,24,29-31,38-39,45-48,50,53-54,56-59,61-63,65-80H2,1-4H3,(H,93,94)(H,95,96)/b13-9-,14-10-,15-11-,25-21-,26-22-,27-23-,32-28-,36-33-,37-34-,42-40-,43-41-,44-35-,52-49-,55-51-,64-60-. The van der Waals surface area contributed by atoms with Gasteiger partial charge in [0.1, 0.15) is 19.3 Å². The molecule has 0 bridgehead atoms. The first kappa shape index (κ1) is 100. The molecule has 0 aliphatic carbocycles. The smallest absolute Gasteiger partial charge is 0.462 e. The minimum absolute atomic E-state index is 0.0250. The molecule has 0 saturated heterocycles. The van der Waals surface area contributed by atoms with Crippen molar-refractivity contribution in [3.8, 4) is 0 Å². The van der Waals surface area contributed by atoms with Crippen LogP contribution in [0, 0.1) is 0 Å². The molecule has 0 aliphatic heterocycles. The number of aliphatic hydroxyl groups is 1. The van der Waals surface area contributed by atoms with Crippen molar-refractivity contribution in [1.82, 2.24) is 0 Å². The molecular weight excluding hydrogens is 1380 g/mol. The van der Waals surface area contributed by atoms with E-state index in [1.807, 2.05) is 18.2 Å². The average molecular weight is 1520 g/mol. The van der Waals surface area contributed by atoms with Gasteiger partial charge < -0.3 is 33.8 Å². The SMILES string of the molecule is CC/C=C\C/C=C\C/C=C\C/C=C\C/C=C\C/C=C\CCC(=O)OCC(COP(=O)(O)OCC(O)COP(=O)(O)OCC(COC(=O)CCCC/C=C\C/C=C\C/C=C\C/C=C\CC)OC(=O)CCCCCCC/C=C\CCCCCC)OC(=O)CCCCCCCC/C=C\C/C=C\C/C=C\C/C=C\CC. The number of esters is 4. The van der Waals surface area contributed by atoms with E-state index in [1.54, 1.807) is 0 Å². The lowest BCUT2D eigenvalue weighted by Gasteiger charge is -2.21. The van der Waals surface area contributed by atoms with Gasteiger partial charge in [-0.2, -0.15) is 0 Å². The van der Waals surface area contributed by atoms with Crippen molar-refractivity contribution in [2.75, 3.05) is 39.6 Å². The van der Waals surface area contributed by atoms with E-state index in [4.69, 9.17) is 37.0 Å². The van der Waals surface area contributed by atoms with Crippen molar-refractivity contribution in [2.24, 2.45) is 0 Å². The molecule has 0 spiro atoms. The molecule has 106 heavy (non-hydrogen) atoms. The zero-order valence-corrected chi connectivity index (χ0v) is 67.3. The highest BCUT2D eigenvalue weighted by atomic mass is 31.2. The van der Waals surface area contributed by atoms with Crippen LogP contribution >= 0.6 is 15.6 Å². The number of aliphatic hydroxyl groups excluding tert-OH is 1. The summed E-state index contributed by atoms with van der Waals surface area (Å²) in [5.74, 6) is -2.36. The summed E-state index contributed by atoms with van der Waals surface area (Å²) in [5, 5.41) is 10.6. The molecule has 0 aromatic carbocycles. The molecule has 0 amide bonds. The Hall–Kier alpha value is -5.84. The van der Waals surface area contributed by atoms with Gasteiger partial charge >= 0.3 is 39.5 Å². The summed E-state index contributed by atoms with van der Waals surface area (Å²) in [7, 11) is -10.0. The lowest BCUT2D eigenvalue weighted by atomic mass is 10.1. The molecule has 0 aromatic heterocycles. The van der Waals surface area contributed by atoms with E-state index in [1.165, 1.54) is 25.7 Å². The number of rotatable bonds is 73. The topological polar surface area (TPSA) is 237 Å². The molecule has 17 nitrogen and oxygen atoms in total. The van der Waals surface area contributed by atoms with E-state index in [-0.39, 0.29) is 25.7 Å². The lowest BCUT2D eigenvalue weighted by molar-refractivity contribution is -0.161. The Morgan fingerprint density at radius 1 is 0.274 bits per heavy atom. The van der Waals surface area contributed by atoms with Gasteiger partial charge in [-0.05, 0) is 167 Å². The summed E-state index contributed by atoms with van der Waals surface area (Å²) in [6, 6.07) is 0. The van der Waals surface area contributed by atoms with Crippen molar-refractivity contribution in [1.29, 1.82) is 0 Å². The quantitative estimate of drug-likeness (QED) is 0.0169. The van der Waals surface area contributed by atoms with Crippen LogP contribution in [0.1, 0.15) is 285 Å². The largest absolute Gasteiger partial charge is 0.472 e. The maximum atomic E-state index is 13.1. The van der Waals surface area contributed by atoms with Crippen LogP contribution < -0.4 is 0 Å². The number of carbonyl (C=O) groups excluding carboxylic acids is 4. The third-order valence-corrected chi connectivity index (χ3v) is 17.8. The summed E-state index contributed by atoms with van der Waals surface area (Å²) < 4.78 is 68.5. The fourth-order valence-corrected chi connectivity index (χ4v) is 11.4. The summed E-state index contributed by atoms with van der Waals surface area (Å²) in [4.78, 5) is 73.0. The molecule has 0 fully saturated rings. The fraction of sp³-hybridized carbons (Fsp3) is 0.609. The molecule has 0 aromatic rings. The van der Waals surface area contributed by atoms with Crippen molar-refractivity contribution < 1.29 is 80.2 Å². The molecule has 600 valence electrons. The zero-order valence-electron chi connectivity index (χ0n) is 65.5. The first-order chi connectivity index (χ1) is 51.7. The molecule has 3 N–H and O–H groups in total. The summed E-state index contributed by atoms with van der Waals surface area (Å²) in [5.41, 5.74) is 0. The van der Waals surface area contributed by atoms with Crippen molar-refractivity contribution >= 4 is 39.5 Å². The summed E-state index contributed by atoms with van der Waals surface area (Å²) in [6.45, 7) is 4.34. The molecule has 0 aliphatic rings. The van der Waals surface area contributed by atoms with Crippen molar-refractivity contribution in [3.05, 3.63) is 182 Å². The van der Waals surface area contributed by atoms with Gasteiger partial charge in [-0.1, -0.05) is 274 Å². The van der Waals surface area contributed by atoms with Gasteiger partial charge in [0.15, 0.2) is 12.2 Å². The second kappa shape index (κ2) is 77.3. The number of unbranched alkanes of at least 4 members (excludes halogenated alkanes) is 17. The van der Waals surface area contributed by atoms with Crippen LogP contribution in [0.15, 0.2) is 182 Å². The first-order valence-corrected chi connectivity index (χ1v) is 43.0. The predicted molar refractivity (Wildman–Crippen MR) is 436 cm³/mol. The molecule has 0 radical (unpaired) electrons. The van der Waals surface area contributed by atoms with Gasteiger partial charge in [0.2, 0.25) is 0 Å². The Bertz CT molecular complexity index is 2730. The Balaban J connectivity index is 5.50. The number of hydrogen-bond acceptors (Lipinski definition) is 15. The highest BCUT2D eigenvalue weighted by molar-refractivity contribution is 7.47. The van der Waals surface area contributed by atoms with Crippen LogP contribution in [0.5, 0.6) is 0 Å². The zero-order chi connectivity index (χ0) is 77.4. The highest BCUT2D eigenvalue weighted by Gasteiger charge is 2.30. The number of carbonyl (C=O) groups is 4. The van der Waals surface area contributed by atoms with Gasteiger partial charge in [-0.3, -0.25) is 37.3 Å². The number of hydrogen-bond donors (Lipinski definition) is 3. The third kappa shape index (κ3) is 76.4. The monoisotopic (exact) mass is 1520 g/mol. The molecule has 0 heterocycles. The Kier molecular flexibility index (Phi) is 73.1. The van der Waals surface area contributed by atoms with Gasteiger partial charge in [-0.15, -0.1) is 0 Å². The summed E-state index contributed by atoms with van der Waals surface area (Å²) in [6.07, 6.45) is 93.2. The first-order valence-electron chi connectivity index (χ1n) is 40.0. The van der Waals surface area contributed by atoms with Crippen molar-refractivity contribution in [3.63, 3.8) is 0 Å². The Morgan fingerprint density at radius 3 is 0.840 bits per heavy atom. The van der Waals surface area contributed by atoms with E-state index in [9.17, 15) is 43.2 Å². The maximum Gasteiger partial charge on any atom is 0.472 e. The summed E-state index contributed by atoms with van der Waals surface area (Å²) >= 11 is 0. The molecule has 19 heteroatoms. The van der Waals surface area contributed by atoms with Gasteiger partial charge in [0, 0.05) is 25.7 Å². The molecule has 5 unspecified atom stereocenters. The molecule has 0 rings (SSSR count). The van der Waals surface area contributed by atoms with Crippen LogP contribution in [0.25, 0.3) is 0 Å². The van der Waals surface area contributed by atoms with Crippen LogP contribution in [0.3, 0.4) is 0 Å². The minimum atomic E-state index is -5.01. The second-order valence-electron chi connectivity index (χ2n) is 25.9. The van der Waals surface area contributed by atoms with E-state index < -0.39 is 97.5 Å².